The smallest absolute Gasteiger partial charge is 0.335 e. The minimum absolute atomic E-state index is 0.0437. The number of sulfone groups is 1. The molecular weight excluding hydrogens is 397 g/mol. The Hall–Kier alpha value is -3.07. The van der Waals surface area contributed by atoms with Crippen molar-refractivity contribution >= 4 is 15.7 Å². The van der Waals surface area contributed by atoms with Gasteiger partial charge >= 0.3 is 5.22 Å². The molecule has 7 nitrogen and oxygen atoms in total. The Morgan fingerprint density at radius 1 is 1.10 bits per heavy atom. The predicted molar refractivity (Wildman–Crippen MR) is 103 cm³/mol. The molecule has 29 heavy (non-hydrogen) atoms. The molecule has 2 aromatic carbocycles. The molecule has 9 heteroatoms. The highest BCUT2D eigenvalue weighted by Crippen LogP contribution is 2.22. The van der Waals surface area contributed by atoms with Crippen LogP contribution in [0.5, 0.6) is 0 Å². The Bertz CT molecular complexity index is 1100. The van der Waals surface area contributed by atoms with Crippen LogP contribution in [0.2, 0.25) is 0 Å². The first-order valence-corrected chi connectivity index (χ1v) is 10.5. The van der Waals surface area contributed by atoms with E-state index in [2.05, 4.69) is 15.5 Å². The highest BCUT2D eigenvalue weighted by Gasteiger charge is 2.29. The fraction of sp³-hybridized carbons (Fsp3) is 0.250. The molecule has 0 radical (unpaired) electrons. The second-order valence-electron chi connectivity index (χ2n) is 6.73. The maximum Gasteiger partial charge on any atom is 0.335 e. The van der Waals surface area contributed by atoms with Crippen LogP contribution in [0.3, 0.4) is 0 Å². The average Bonchev–Trinajstić information content (AvgIpc) is 3.19. The van der Waals surface area contributed by atoms with E-state index in [1.165, 1.54) is 32.0 Å². The van der Waals surface area contributed by atoms with E-state index >= 15 is 0 Å². The van der Waals surface area contributed by atoms with Crippen molar-refractivity contribution in [1.29, 1.82) is 0 Å². The first-order valence-electron chi connectivity index (χ1n) is 8.95. The van der Waals surface area contributed by atoms with Crippen molar-refractivity contribution in [2.75, 3.05) is 0 Å². The Labute approximate surface area is 167 Å². The summed E-state index contributed by atoms with van der Waals surface area (Å²) in [5.74, 6) is -1.13. The van der Waals surface area contributed by atoms with Crippen LogP contribution in [0.15, 0.2) is 64.2 Å². The van der Waals surface area contributed by atoms with Gasteiger partial charge in [-0.25, -0.2) is 12.8 Å². The third-order valence-corrected chi connectivity index (χ3v) is 6.15. The summed E-state index contributed by atoms with van der Waals surface area (Å²) < 4.78 is 43.4. The summed E-state index contributed by atoms with van der Waals surface area (Å²) in [5, 5.41) is 8.98. The maximum atomic E-state index is 13.5. The zero-order valence-corrected chi connectivity index (χ0v) is 16.7. The molecule has 1 atom stereocenters. The molecular formula is C20H20FN3O4S. The highest BCUT2D eigenvalue weighted by molar-refractivity contribution is 7.91. The maximum absolute atomic E-state index is 13.5. The molecule has 0 unspecified atom stereocenters. The molecule has 1 aromatic heterocycles. The molecule has 0 fully saturated rings. The molecule has 1 amide bonds. The summed E-state index contributed by atoms with van der Waals surface area (Å²) in [4.78, 5) is 12.6. The summed E-state index contributed by atoms with van der Waals surface area (Å²) in [6.45, 7) is 3.01. The normalized spacial score (nSPS) is 12.7. The summed E-state index contributed by atoms with van der Waals surface area (Å²) in [5.41, 5.74) is 0.987. The van der Waals surface area contributed by atoms with E-state index in [-0.39, 0.29) is 17.9 Å². The lowest BCUT2D eigenvalue weighted by Crippen LogP contribution is -2.30. The molecule has 0 saturated heterocycles. The lowest BCUT2D eigenvalue weighted by Gasteiger charge is -2.15. The minimum atomic E-state index is -3.75. The van der Waals surface area contributed by atoms with Crippen LogP contribution in [-0.4, -0.2) is 29.8 Å². The Morgan fingerprint density at radius 2 is 1.83 bits per heavy atom. The number of amides is 1. The van der Waals surface area contributed by atoms with Gasteiger partial charge in [0.1, 0.15) is 11.9 Å². The van der Waals surface area contributed by atoms with E-state index in [9.17, 15) is 17.6 Å². The van der Waals surface area contributed by atoms with E-state index < -0.39 is 38.1 Å². The molecule has 0 aliphatic heterocycles. The number of carbonyl (C=O) groups excluding carboxylic acids is 1. The van der Waals surface area contributed by atoms with Crippen LogP contribution in [-0.2, 0) is 16.3 Å². The van der Waals surface area contributed by atoms with Gasteiger partial charge in [-0.2, -0.15) is 0 Å². The van der Waals surface area contributed by atoms with Crippen LogP contribution in [0, 0.1) is 5.82 Å². The van der Waals surface area contributed by atoms with E-state index in [0.717, 1.165) is 11.6 Å². The third kappa shape index (κ3) is 4.86. The van der Waals surface area contributed by atoms with Crippen molar-refractivity contribution in [3.8, 4) is 0 Å². The number of hydrogen-bond donors (Lipinski definition) is 1. The number of rotatable bonds is 7. The Morgan fingerprint density at radius 3 is 2.48 bits per heavy atom. The fourth-order valence-corrected chi connectivity index (χ4v) is 3.36. The molecule has 1 heterocycles. The van der Waals surface area contributed by atoms with Gasteiger partial charge in [-0.05, 0) is 37.6 Å². The highest BCUT2D eigenvalue weighted by atomic mass is 32.2. The number of halogens is 1. The number of nitrogens with one attached hydrogen (secondary N) is 1. The third-order valence-electron chi connectivity index (χ3n) is 4.26. The van der Waals surface area contributed by atoms with Gasteiger partial charge in [0, 0.05) is 12.0 Å². The first kappa shape index (κ1) is 20.7. The van der Waals surface area contributed by atoms with Crippen molar-refractivity contribution < 1.29 is 22.0 Å². The molecule has 3 rings (SSSR count). The first-order chi connectivity index (χ1) is 13.8. The molecule has 0 spiro atoms. The van der Waals surface area contributed by atoms with E-state index in [1.807, 2.05) is 30.3 Å². The van der Waals surface area contributed by atoms with Crippen molar-refractivity contribution in [2.24, 2.45) is 0 Å². The van der Waals surface area contributed by atoms with Gasteiger partial charge in [-0.1, -0.05) is 41.5 Å². The van der Waals surface area contributed by atoms with E-state index in [0.29, 0.717) is 0 Å². The average molecular weight is 417 g/mol. The Balaban J connectivity index is 1.91. The second-order valence-corrected chi connectivity index (χ2v) is 9.11. The summed E-state index contributed by atoms with van der Waals surface area (Å²) in [6.07, 6.45) is 0.283. The van der Waals surface area contributed by atoms with Crippen LogP contribution < -0.4 is 5.32 Å². The lowest BCUT2D eigenvalue weighted by atomic mass is 10.1. The van der Waals surface area contributed by atoms with Crippen LogP contribution in [0.1, 0.15) is 41.7 Å². The number of hydrogen-bond acceptors (Lipinski definition) is 6. The van der Waals surface area contributed by atoms with Gasteiger partial charge in [-0.3, -0.25) is 4.79 Å². The van der Waals surface area contributed by atoms with E-state index in [1.54, 1.807) is 0 Å². The summed E-state index contributed by atoms with van der Waals surface area (Å²) in [6, 6.07) is 13.7. The zero-order valence-electron chi connectivity index (χ0n) is 15.9. The predicted octanol–water partition coefficient (Wildman–Crippen LogP) is 3.10. The SMILES string of the molecule is CC(C)S(=O)(=O)c1nnc([C@H](Cc2ccccc2)NC(=O)c2cccc(F)c2)o1. The number of aromatic nitrogens is 2. The van der Waals surface area contributed by atoms with Crippen molar-refractivity contribution in [3.63, 3.8) is 0 Å². The number of nitrogens with zero attached hydrogens (tertiary/aromatic N) is 2. The molecule has 152 valence electrons. The molecule has 0 aliphatic carbocycles. The molecule has 3 aromatic rings. The monoisotopic (exact) mass is 417 g/mol. The van der Waals surface area contributed by atoms with Crippen LogP contribution >= 0.6 is 0 Å². The van der Waals surface area contributed by atoms with Gasteiger partial charge in [0.05, 0.1) is 5.25 Å². The van der Waals surface area contributed by atoms with E-state index in [4.69, 9.17) is 4.42 Å². The molecule has 0 bridgehead atoms. The summed E-state index contributed by atoms with van der Waals surface area (Å²) in [7, 11) is -3.75. The number of carbonyl (C=O) groups is 1. The largest absolute Gasteiger partial charge is 0.410 e. The second kappa shape index (κ2) is 8.52. The van der Waals surface area contributed by atoms with Crippen molar-refractivity contribution in [2.45, 2.75) is 36.8 Å². The van der Waals surface area contributed by atoms with Gasteiger partial charge < -0.3 is 9.73 Å². The summed E-state index contributed by atoms with van der Waals surface area (Å²) >= 11 is 0. The standard InChI is InChI=1S/C20H20FN3O4S/c1-13(2)29(26,27)20-24-23-19(28-20)17(11-14-7-4-3-5-8-14)22-18(25)15-9-6-10-16(21)12-15/h3-10,12-13,17H,11H2,1-2H3,(H,22,25)/t17-/m0/s1. The topological polar surface area (TPSA) is 102 Å². The van der Waals surface area contributed by atoms with Gasteiger partial charge in [-0.15, -0.1) is 5.10 Å². The lowest BCUT2D eigenvalue weighted by molar-refractivity contribution is 0.0928. The van der Waals surface area contributed by atoms with Crippen molar-refractivity contribution in [3.05, 3.63) is 77.4 Å². The molecule has 0 saturated carbocycles. The molecule has 1 N–H and O–H groups in total. The molecule has 0 aliphatic rings. The quantitative estimate of drug-likeness (QED) is 0.634. The number of benzene rings is 2. The Kier molecular flexibility index (Phi) is 6.07. The van der Waals surface area contributed by atoms with Crippen molar-refractivity contribution in [1.82, 2.24) is 15.5 Å². The minimum Gasteiger partial charge on any atom is -0.410 e. The zero-order chi connectivity index (χ0) is 21.0. The fourth-order valence-electron chi connectivity index (χ4n) is 2.60. The van der Waals surface area contributed by atoms with Gasteiger partial charge in [0.25, 0.3) is 5.91 Å². The van der Waals surface area contributed by atoms with Crippen LogP contribution in [0.25, 0.3) is 0 Å². The van der Waals surface area contributed by atoms with Gasteiger partial charge in [0.15, 0.2) is 0 Å². The van der Waals surface area contributed by atoms with Crippen LogP contribution in [0.4, 0.5) is 4.39 Å². The van der Waals surface area contributed by atoms with Gasteiger partial charge in [0.2, 0.25) is 15.7 Å².